The van der Waals surface area contributed by atoms with E-state index in [1.807, 2.05) is 0 Å². The Labute approximate surface area is 136 Å². The first-order valence-corrected chi connectivity index (χ1v) is 7.84. The predicted octanol–water partition coefficient (Wildman–Crippen LogP) is 3.60. The molecule has 3 nitrogen and oxygen atoms in total. The number of rotatable bonds is 3. The van der Waals surface area contributed by atoms with Gasteiger partial charge in [-0.3, -0.25) is 9.79 Å². The highest BCUT2D eigenvalue weighted by atomic mass is 32.2. The van der Waals surface area contributed by atoms with Crippen molar-refractivity contribution >= 4 is 22.8 Å². The highest BCUT2D eigenvalue weighted by Gasteiger charge is 2.43. The summed E-state index contributed by atoms with van der Waals surface area (Å²) >= 11 is 1.30. The van der Waals surface area contributed by atoms with Crippen molar-refractivity contribution < 1.29 is 13.6 Å². The molecule has 1 unspecified atom stereocenters. The zero-order chi connectivity index (χ0) is 16.4. The van der Waals surface area contributed by atoms with E-state index in [0.717, 1.165) is 5.56 Å². The third-order valence-corrected chi connectivity index (χ3v) is 4.92. The maximum absolute atomic E-state index is 13.1. The monoisotopic (exact) mass is 332 g/mol. The van der Waals surface area contributed by atoms with Gasteiger partial charge in [0.1, 0.15) is 16.4 Å². The van der Waals surface area contributed by atoms with E-state index < -0.39 is 4.75 Å². The highest BCUT2D eigenvalue weighted by molar-refractivity contribution is 8.15. The second-order valence-electron chi connectivity index (χ2n) is 5.34. The quantitative estimate of drug-likeness (QED) is 0.933. The van der Waals surface area contributed by atoms with Crippen molar-refractivity contribution in [3.63, 3.8) is 0 Å². The maximum atomic E-state index is 13.1. The Kier molecular flexibility index (Phi) is 4.17. The molecule has 2 aromatic rings. The average Bonchev–Trinajstić information content (AvgIpc) is 2.83. The lowest BCUT2D eigenvalue weighted by Crippen LogP contribution is -2.31. The summed E-state index contributed by atoms with van der Waals surface area (Å²) in [5.41, 5.74) is 1.57. The van der Waals surface area contributed by atoms with Crippen LogP contribution in [0.4, 0.5) is 8.78 Å². The van der Waals surface area contributed by atoms with Gasteiger partial charge in [-0.1, -0.05) is 36.0 Å². The Morgan fingerprint density at radius 3 is 2.22 bits per heavy atom. The standard InChI is InChI=1S/C17H14F2N2OS/c1-17(12-4-8-14(19)9-5-12)15(22)21-16(23-17)20-10-11-2-6-13(18)7-3-11/h2-9H,10H2,1H3,(H,20,21,22). The molecule has 0 spiro atoms. The third-order valence-electron chi connectivity index (χ3n) is 3.67. The van der Waals surface area contributed by atoms with E-state index >= 15 is 0 Å². The fraction of sp³-hybridized carbons (Fsp3) is 0.176. The summed E-state index contributed by atoms with van der Waals surface area (Å²) in [7, 11) is 0. The minimum Gasteiger partial charge on any atom is -0.304 e. The van der Waals surface area contributed by atoms with Crippen LogP contribution in [-0.2, 0) is 16.1 Å². The number of amidine groups is 1. The van der Waals surface area contributed by atoms with Crippen LogP contribution in [0.1, 0.15) is 18.1 Å². The van der Waals surface area contributed by atoms with Gasteiger partial charge in [0, 0.05) is 0 Å². The van der Waals surface area contributed by atoms with E-state index in [1.54, 1.807) is 31.2 Å². The van der Waals surface area contributed by atoms with Crippen molar-refractivity contribution in [3.8, 4) is 0 Å². The third kappa shape index (κ3) is 3.27. The molecular weight excluding hydrogens is 318 g/mol. The van der Waals surface area contributed by atoms with Gasteiger partial charge in [-0.15, -0.1) is 0 Å². The van der Waals surface area contributed by atoms with Crippen LogP contribution in [0.25, 0.3) is 0 Å². The molecule has 1 amide bonds. The zero-order valence-corrected chi connectivity index (χ0v) is 13.2. The van der Waals surface area contributed by atoms with Gasteiger partial charge >= 0.3 is 0 Å². The van der Waals surface area contributed by atoms with Crippen LogP contribution in [0.3, 0.4) is 0 Å². The molecule has 118 valence electrons. The second-order valence-corrected chi connectivity index (χ2v) is 6.75. The number of nitrogens with one attached hydrogen (secondary N) is 1. The summed E-state index contributed by atoms with van der Waals surface area (Å²) in [4.78, 5) is 16.7. The lowest BCUT2D eigenvalue weighted by molar-refractivity contribution is -0.121. The van der Waals surface area contributed by atoms with Crippen molar-refractivity contribution in [2.24, 2.45) is 4.99 Å². The first-order valence-electron chi connectivity index (χ1n) is 7.03. The molecule has 1 atom stereocenters. The minimum atomic E-state index is -0.838. The number of carbonyl (C=O) groups is 1. The normalized spacial score (nSPS) is 22.4. The van der Waals surface area contributed by atoms with E-state index in [0.29, 0.717) is 17.3 Å². The molecule has 0 radical (unpaired) electrons. The Balaban J connectivity index is 1.77. The molecule has 0 saturated carbocycles. The van der Waals surface area contributed by atoms with Crippen LogP contribution in [0, 0.1) is 11.6 Å². The zero-order valence-electron chi connectivity index (χ0n) is 12.3. The van der Waals surface area contributed by atoms with Crippen LogP contribution in [0.15, 0.2) is 53.5 Å². The molecule has 2 aromatic carbocycles. The van der Waals surface area contributed by atoms with Crippen LogP contribution in [-0.4, -0.2) is 11.1 Å². The van der Waals surface area contributed by atoms with Crippen LogP contribution in [0.2, 0.25) is 0 Å². The van der Waals surface area contributed by atoms with Gasteiger partial charge in [0.15, 0.2) is 5.17 Å². The van der Waals surface area contributed by atoms with E-state index in [4.69, 9.17) is 0 Å². The number of nitrogens with zero attached hydrogens (tertiary/aromatic N) is 1. The molecule has 1 N–H and O–H groups in total. The van der Waals surface area contributed by atoms with Gasteiger partial charge in [-0.2, -0.15) is 0 Å². The van der Waals surface area contributed by atoms with E-state index in [-0.39, 0.29) is 17.5 Å². The van der Waals surface area contributed by atoms with Gasteiger partial charge < -0.3 is 5.32 Å². The van der Waals surface area contributed by atoms with Crippen molar-refractivity contribution in [3.05, 3.63) is 71.3 Å². The Bertz CT molecular complexity index is 759. The van der Waals surface area contributed by atoms with E-state index in [2.05, 4.69) is 10.3 Å². The van der Waals surface area contributed by atoms with E-state index in [1.165, 1.54) is 36.0 Å². The number of hydrogen-bond donors (Lipinski definition) is 1. The summed E-state index contributed by atoms with van der Waals surface area (Å²) < 4.78 is 25.1. The topological polar surface area (TPSA) is 41.5 Å². The number of aliphatic imine (C=N–C) groups is 1. The first kappa shape index (κ1) is 15.7. The molecule has 0 aliphatic carbocycles. The summed E-state index contributed by atoms with van der Waals surface area (Å²) in [6.07, 6.45) is 0. The molecule has 1 saturated heterocycles. The lowest BCUT2D eigenvalue weighted by Gasteiger charge is -2.18. The molecule has 23 heavy (non-hydrogen) atoms. The molecule has 1 fully saturated rings. The number of halogens is 2. The van der Waals surface area contributed by atoms with Crippen molar-refractivity contribution in [2.75, 3.05) is 0 Å². The van der Waals surface area contributed by atoms with Crippen molar-refractivity contribution in [1.29, 1.82) is 0 Å². The number of carbonyl (C=O) groups excluding carboxylic acids is 1. The lowest BCUT2D eigenvalue weighted by atomic mass is 9.99. The molecule has 1 aliphatic rings. The van der Waals surface area contributed by atoms with Gasteiger partial charge in [0.25, 0.3) is 0 Å². The summed E-state index contributed by atoms with van der Waals surface area (Å²) in [5.74, 6) is -0.827. The fourth-order valence-corrected chi connectivity index (χ4v) is 3.32. The summed E-state index contributed by atoms with van der Waals surface area (Å²) in [5, 5.41) is 3.25. The first-order chi connectivity index (χ1) is 11.0. The highest BCUT2D eigenvalue weighted by Crippen LogP contribution is 2.41. The Morgan fingerprint density at radius 2 is 1.61 bits per heavy atom. The van der Waals surface area contributed by atoms with Crippen LogP contribution in [0.5, 0.6) is 0 Å². The number of benzene rings is 2. The molecule has 0 aromatic heterocycles. The summed E-state index contributed by atoms with van der Waals surface area (Å²) in [6, 6.07) is 11.9. The average molecular weight is 332 g/mol. The van der Waals surface area contributed by atoms with Crippen molar-refractivity contribution in [2.45, 2.75) is 18.2 Å². The Morgan fingerprint density at radius 1 is 1.04 bits per heavy atom. The molecule has 1 heterocycles. The Hall–Kier alpha value is -2.21. The van der Waals surface area contributed by atoms with Crippen LogP contribution < -0.4 is 5.32 Å². The molecule has 0 bridgehead atoms. The second kappa shape index (κ2) is 6.12. The number of amides is 1. The smallest absolute Gasteiger partial charge is 0.246 e. The van der Waals surface area contributed by atoms with Gasteiger partial charge in [0.2, 0.25) is 5.91 Å². The fourth-order valence-electron chi connectivity index (χ4n) is 2.26. The van der Waals surface area contributed by atoms with Crippen LogP contribution >= 0.6 is 11.8 Å². The molecule has 3 rings (SSSR count). The van der Waals surface area contributed by atoms with Gasteiger partial charge in [-0.25, -0.2) is 8.78 Å². The minimum absolute atomic E-state index is 0.188. The van der Waals surface area contributed by atoms with Gasteiger partial charge in [0.05, 0.1) is 6.54 Å². The predicted molar refractivity (Wildman–Crippen MR) is 87.0 cm³/mol. The molecular formula is C17H14F2N2OS. The molecule has 6 heteroatoms. The van der Waals surface area contributed by atoms with Gasteiger partial charge in [-0.05, 0) is 42.3 Å². The molecule has 1 aliphatic heterocycles. The largest absolute Gasteiger partial charge is 0.304 e. The van der Waals surface area contributed by atoms with E-state index in [9.17, 15) is 13.6 Å². The maximum Gasteiger partial charge on any atom is 0.246 e. The SMILES string of the molecule is CC1(c2ccc(F)cc2)SC(=NCc2ccc(F)cc2)NC1=O. The number of thioether (sulfide) groups is 1. The summed E-state index contributed by atoms with van der Waals surface area (Å²) in [6.45, 7) is 2.13. The number of hydrogen-bond acceptors (Lipinski definition) is 3. The van der Waals surface area contributed by atoms with Crippen molar-refractivity contribution in [1.82, 2.24) is 5.32 Å².